The van der Waals surface area contributed by atoms with Crippen LogP contribution in [-0.2, 0) is 19.1 Å². The van der Waals surface area contributed by atoms with Crippen LogP contribution in [0.5, 0.6) is 0 Å². The average molecular weight is 483 g/mol. The molecular formula is C22H19Cl2F3N4O. The van der Waals surface area contributed by atoms with Crippen LogP contribution in [0.3, 0.4) is 0 Å². The van der Waals surface area contributed by atoms with Crippen LogP contribution in [0, 0.1) is 0 Å². The molecular weight excluding hydrogens is 464 g/mol. The molecule has 32 heavy (non-hydrogen) atoms. The zero-order valence-electron chi connectivity index (χ0n) is 16.6. The number of nitrogens with one attached hydrogen (secondary N) is 2. The van der Waals surface area contributed by atoms with Gasteiger partial charge in [0.15, 0.2) is 0 Å². The number of fused-ring (bicyclic) bond motifs is 3. The third-order valence-electron chi connectivity index (χ3n) is 5.42. The van der Waals surface area contributed by atoms with Gasteiger partial charge in [0, 0.05) is 60.1 Å². The molecule has 3 aromatic heterocycles. The molecule has 1 aromatic carbocycles. The van der Waals surface area contributed by atoms with E-state index >= 15 is 0 Å². The van der Waals surface area contributed by atoms with E-state index in [0.29, 0.717) is 16.9 Å². The molecule has 0 aliphatic carbocycles. The molecule has 5 nitrogen and oxygen atoms in total. The van der Waals surface area contributed by atoms with Crippen LogP contribution in [-0.4, -0.2) is 21.1 Å². The zero-order chi connectivity index (χ0) is 20.9. The Kier molecular flexibility index (Phi) is 6.69. The smallest absolute Gasteiger partial charge is 0.358 e. The molecule has 2 N–H and O–H groups in total. The molecule has 168 valence electrons. The zero-order valence-corrected chi connectivity index (χ0v) is 18.2. The molecule has 1 aliphatic heterocycles. The summed E-state index contributed by atoms with van der Waals surface area (Å²) in [4.78, 5) is 20.0. The van der Waals surface area contributed by atoms with Gasteiger partial charge >= 0.3 is 6.18 Å². The summed E-state index contributed by atoms with van der Waals surface area (Å²) in [5, 5.41) is 4.50. The van der Waals surface area contributed by atoms with E-state index in [1.165, 1.54) is 28.0 Å². The number of aromatic nitrogens is 3. The molecule has 4 aromatic rings. The minimum atomic E-state index is -4.44. The third-order valence-corrected chi connectivity index (χ3v) is 5.42. The van der Waals surface area contributed by atoms with Crippen LogP contribution in [0.1, 0.15) is 16.8 Å². The lowest BCUT2D eigenvalue weighted by atomic mass is 10.1. The number of aromatic amines is 1. The van der Waals surface area contributed by atoms with Gasteiger partial charge in [0.05, 0.1) is 16.9 Å². The second-order valence-electron chi connectivity index (χ2n) is 7.29. The molecule has 1 aliphatic rings. The van der Waals surface area contributed by atoms with E-state index in [9.17, 15) is 18.0 Å². The van der Waals surface area contributed by atoms with Gasteiger partial charge in [0.25, 0.3) is 5.56 Å². The number of hydrogen-bond acceptors (Lipinski definition) is 3. The Morgan fingerprint density at radius 1 is 1.03 bits per heavy atom. The Bertz CT molecular complexity index is 1310. The molecule has 5 rings (SSSR count). The highest BCUT2D eigenvalue weighted by atomic mass is 35.5. The topological polar surface area (TPSA) is 62.7 Å². The van der Waals surface area contributed by atoms with Gasteiger partial charge in [0.1, 0.15) is 0 Å². The maximum Gasteiger partial charge on any atom is 0.417 e. The van der Waals surface area contributed by atoms with Crippen molar-refractivity contribution < 1.29 is 13.2 Å². The maximum absolute atomic E-state index is 12.7. The minimum Gasteiger partial charge on any atom is -0.358 e. The Morgan fingerprint density at radius 3 is 2.53 bits per heavy atom. The third kappa shape index (κ3) is 4.26. The quantitative estimate of drug-likeness (QED) is 0.427. The molecule has 0 bridgehead atoms. The van der Waals surface area contributed by atoms with E-state index in [1.54, 1.807) is 12.3 Å². The van der Waals surface area contributed by atoms with Crippen molar-refractivity contribution >= 4 is 35.7 Å². The summed E-state index contributed by atoms with van der Waals surface area (Å²) in [6.07, 6.45) is -1.12. The van der Waals surface area contributed by atoms with Gasteiger partial charge in [-0.05, 0) is 35.9 Å². The van der Waals surface area contributed by atoms with Gasteiger partial charge in [-0.2, -0.15) is 13.2 Å². The van der Waals surface area contributed by atoms with E-state index in [2.05, 4.69) is 15.3 Å². The molecule has 0 atom stereocenters. The van der Waals surface area contributed by atoms with Gasteiger partial charge in [-0.25, -0.2) is 0 Å². The van der Waals surface area contributed by atoms with Crippen molar-refractivity contribution in [2.24, 2.45) is 0 Å². The standard InChI is InChI=1S/C22H17F3N4O.2ClH/c23-22(24,25)14-1-4-18(27-11-14)13-6-8-29(21(30)9-13)15-2-3-16-17-12-26-7-5-19(17)28-20(16)10-15;;/h1-4,6,8-11,26,28H,5,7,12H2;2*1H. The summed E-state index contributed by atoms with van der Waals surface area (Å²) in [5.74, 6) is 0. The fraction of sp³-hybridized carbons (Fsp3) is 0.182. The number of alkyl halides is 3. The predicted octanol–water partition coefficient (Wildman–Crippen LogP) is 4.89. The SMILES string of the molecule is Cl.Cl.O=c1cc(-c2ccc(C(F)(F)F)cn2)ccn1-c1ccc2c3c([nH]c2c1)CCNC3. The molecule has 0 saturated heterocycles. The van der Waals surface area contributed by atoms with Gasteiger partial charge in [-0.15, -0.1) is 24.8 Å². The second-order valence-corrected chi connectivity index (χ2v) is 7.29. The van der Waals surface area contributed by atoms with Crippen molar-refractivity contribution in [2.45, 2.75) is 19.1 Å². The van der Waals surface area contributed by atoms with Gasteiger partial charge in [-0.1, -0.05) is 6.07 Å². The highest BCUT2D eigenvalue weighted by Crippen LogP contribution is 2.30. The van der Waals surface area contributed by atoms with E-state index in [4.69, 9.17) is 0 Å². The molecule has 0 unspecified atom stereocenters. The first-order valence-corrected chi connectivity index (χ1v) is 9.51. The van der Waals surface area contributed by atoms with Crippen molar-refractivity contribution in [3.63, 3.8) is 0 Å². The molecule has 0 amide bonds. The summed E-state index contributed by atoms with van der Waals surface area (Å²) in [7, 11) is 0. The molecule has 0 radical (unpaired) electrons. The number of H-pyrrole nitrogens is 1. The van der Waals surface area contributed by atoms with Crippen LogP contribution in [0.25, 0.3) is 27.8 Å². The Morgan fingerprint density at radius 2 is 1.84 bits per heavy atom. The lowest BCUT2D eigenvalue weighted by Gasteiger charge is -2.12. The van der Waals surface area contributed by atoms with E-state index in [0.717, 1.165) is 42.7 Å². The first kappa shape index (κ1) is 23.8. The second kappa shape index (κ2) is 8.97. The van der Waals surface area contributed by atoms with Crippen LogP contribution < -0.4 is 10.9 Å². The van der Waals surface area contributed by atoms with E-state index in [-0.39, 0.29) is 30.4 Å². The van der Waals surface area contributed by atoms with Crippen molar-refractivity contribution in [3.05, 3.63) is 82.0 Å². The molecule has 4 heterocycles. The van der Waals surface area contributed by atoms with Crippen molar-refractivity contribution in [1.82, 2.24) is 19.9 Å². The summed E-state index contributed by atoms with van der Waals surface area (Å²) in [5.41, 5.74) is 3.84. The highest BCUT2D eigenvalue weighted by molar-refractivity contribution is 5.86. The Balaban J connectivity index is 0.00000144. The lowest BCUT2D eigenvalue weighted by Crippen LogP contribution is -2.22. The maximum atomic E-state index is 12.7. The molecule has 10 heteroatoms. The summed E-state index contributed by atoms with van der Waals surface area (Å²) in [6.45, 7) is 1.76. The highest BCUT2D eigenvalue weighted by Gasteiger charge is 2.30. The van der Waals surface area contributed by atoms with Crippen molar-refractivity contribution in [1.29, 1.82) is 0 Å². The van der Waals surface area contributed by atoms with Crippen molar-refractivity contribution in [3.8, 4) is 16.9 Å². The van der Waals surface area contributed by atoms with Gasteiger partial charge in [-0.3, -0.25) is 14.3 Å². The largest absolute Gasteiger partial charge is 0.417 e. The number of hydrogen-bond donors (Lipinski definition) is 2. The lowest BCUT2D eigenvalue weighted by molar-refractivity contribution is -0.137. The first-order valence-electron chi connectivity index (χ1n) is 9.51. The van der Waals surface area contributed by atoms with Crippen LogP contribution in [0.15, 0.2) is 59.7 Å². The number of pyridine rings is 2. The number of halogens is 5. The number of rotatable bonds is 2. The van der Waals surface area contributed by atoms with Crippen LogP contribution in [0.4, 0.5) is 13.2 Å². The van der Waals surface area contributed by atoms with Gasteiger partial charge in [0.2, 0.25) is 0 Å². The van der Waals surface area contributed by atoms with E-state index in [1.807, 2.05) is 18.2 Å². The molecule has 0 fully saturated rings. The number of benzene rings is 1. The predicted molar refractivity (Wildman–Crippen MR) is 122 cm³/mol. The molecule has 0 spiro atoms. The normalized spacial score (nSPS) is 13.2. The fourth-order valence-electron chi connectivity index (χ4n) is 3.88. The van der Waals surface area contributed by atoms with Crippen LogP contribution in [0.2, 0.25) is 0 Å². The summed E-state index contributed by atoms with van der Waals surface area (Å²) < 4.78 is 39.6. The van der Waals surface area contributed by atoms with Crippen LogP contribution >= 0.6 is 24.8 Å². The fourth-order valence-corrected chi connectivity index (χ4v) is 3.88. The van der Waals surface area contributed by atoms with Crippen molar-refractivity contribution in [2.75, 3.05) is 6.54 Å². The molecule has 0 saturated carbocycles. The average Bonchev–Trinajstić information content (AvgIpc) is 3.11. The summed E-state index contributed by atoms with van der Waals surface area (Å²) >= 11 is 0. The Hall–Kier alpha value is -2.81. The minimum absolute atomic E-state index is 0. The van der Waals surface area contributed by atoms with E-state index < -0.39 is 11.7 Å². The summed E-state index contributed by atoms with van der Waals surface area (Å²) in [6, 6.07) is 11.1. The Labute approximate surface area is 193 Å². The first-order chi connectivity index (χ1) is 14.4. The monoisotopic (exact) mass is 482 g/mol. The number of nitrogens with zero attached hydrogens (tertiary/aromatic N) is 2. The van der Waals surface area contributed by atoms with Gasteiger partial charge < -0.3 is 10.3 Å².